The topological polar surface area (TPSA) is 61.8 Å². The van der Waals surface area contributed by atoms with Gasteiger partial charge in [-0.3, -0.25) is 9.59 Å². The molecule has 0 heterocycles. The maximum Gasteiger partial charge on any atom is 0.306 e. The van der Waals surface area contributed by atoms with E-state index in [9.17, 15) is 9.59 Å². The zero-order valence-corrected chi connectivity index (χ0v) is 46.6. The van der Waals surface area contributed by atoms with Crippen LogP contribution in [0.3, 0.4) is 0 Å². The van der Waals surface area contributed by atoms with E-state index in [1.807, 2.05) is 6.08 Å². The monoisotopic (exact) mass is 993 g/mol. The third-order valence-corrected chi connectivity index (χ3v) is 11.9. The Bertz CT molecular complexity index is 1540. The van der Waals surface area contributed by atoms with Crippen molar-refractivity contribution in [2.24, 2.45) is 0 Å². The van der Waals surface area contributed by atoms with Gasteiger partial charge in [0, 0.05) is 19.4 Å². The summed E-state index contributed by atoms with van der Waals surface area (Å²) in [7, 11) is 0. The molecule has 0 saturated heterocycles. The average Bonchev–Trinajstić information content (AvgIpc) is 3.38. The highest BCUT2D eigenvalue weighted by Gasteiger charge is 2.17. The third kappa shape index (κ3) is 58.4. The van der Waals surface area contributed by atoms with Gasteiger partial charge in [0.25, 0.3) is 0 Å². The van der Waals surface area contributed by atoms with E-state index in [2.05, 4.69) is 161 Å². The van der Waals surface area contributed by atoms with E-state index in [-0.39, 0.29) is 31.6 Å². The molecule has 0 bridgehead atoms. The lowest BCUT2D eigenvalue weighted by molar-refractivity contribution is -0.162. The molecule has 406 valence electrons. The summed E-state index contributed by atoms with van der Waals surface area (Å²) in [4.78, 5) is 25.5. The van der Waals surface area contributed by atoms with E-state index < -0.39 is 6.10 Å². The number of carbonyl (C=O) groups excluding carboxylic acids is 2. The zero-order valence-electron chi connectivity index (χ0n) is 46.6. The Balaban J connectivity index is 4.49. The standard InChI is InChI=1S/C67H108O5/c1-4-7-10-13-16-19-22-25-28-31-34-36-39-42-45-48-51-54-57-60-66(68)71-64-65(63-70-62-59-56-53-50-47-44-41-38-33-30-27-24-21-18-15-12-9-6-3)72-67(69)61-58-55-52-49-46-43-40-37-35-32-29-26-23-20-17-14-11-8-5-2/h7-8,10-11,16-17,19-20,25-30,34-37,42-43,45-46,51,54,65H,4-6,9,12-15,18,21-24,31-33,38-41,44,47-50,52-53,55-64H2,1-3H3/b10-7-,11-8-,19-16-,20-17-,28-25-,29-26-,30-27-,36-34-,37-35-,45-42-,46-43-,54-51-. The number of ether oxygens (including phenoxy) is 3. The molecule has 5 heteroatoms. The highest BCUT2D eigenvalue weighted by Crippen LogP contribution is 2.13. The highest BCUT2D eigenvalue weighted by atomic mass is 16.6. The van der Waals surface area contributed by atoms with E-state index in [1.54, 1.807) is 0 Å². The molecule has 0 aromatic rings. The van der Waals surface area contributed by atoms with Crippen molar-refractivity contribution in [3.63, 3.8) is 0 Å². The molecular formula is C67H108O5. The van der Waals surface area contributed by atoms with Crippen LogP contribution in [0, 0.1) is 0 Å². The van der Waals surface area contributed by atoms with Gasteiger partial charge >= 0.3 is 11.9 Å². The first-order valence-corrected chi connectivity index (χ1v) is 29.4. The predicted molar refractivity (Wildman–Crippen MR) is 315 cm³/mol. The van der Waals surface area contributed by atoms with E-state index in [0.717, 1.165) is 109 Å². The number of unbranched alkanes of at least 4 members (excludes halogenated alkanes) is 17. The van der Waals surface area contributed by atoms with Crippen molar-refractivity contribution in [2.45, 2.75) is 245 Å². The van der Waals surface area contributed by atoms with Crippen LogP contribution in [-0.4, -0.2) is 37.9 Å². The summed E-state index contributed by atoms with van der Waals surface area (Å²) in [6.45, 7) is 7.47. The SMILES string of the molecule is CC/C=C\C/C=C\C/C=C\C/C=C\C/C=C\C/C=C\CCC(=O)OCC(COCCCCCCCCCC/C=C\CCCCCCCC)OC(=O)CCCCC/C=C\C/C=C\C/C=C\C/C=C\C/C=C\CC. The van der Waals surface area contributed by atoms with Gasteiger partial charge in [-0.2, -0.15) is 0 Å². The Kier molecular flexibility index (Phi) is 57.5. The third-order valence-electron chi connectivity index (χ3n) is 11.9. The quantitative estimate of drug-likeness (QED) is 0.0345. The van der Waals surface area contributed by atoms with Crippen molar-refractivity contribution < 1.29 is 23.8 Å². The molecule has 0 aliphatic carbocycles. The van der Waals surface area contributed by atoms with Crippen molar-refractivity contribution in [2.75, 3.05) is 19.8 Å². The number of esters is 2. The summed E-state index contributed by atoms with van der Waals surface area (Å²) in [5, 5.41) is 0. The predicted octanol–water partition coefficient (Wildman–Crippen LogP) is 20.5. The fraction of sp³-hybridized carbons (Fsp3) is 0.612. The molecule has 72 heavy (non-hydrogen) atoms. The number of rotatable bonds is 52. The minimum Gasteiger partial charge on any atom is -0.462 e. The first-order valence-electron chi connectivity index (χ1n) is 29.4. The number of carbonyl (C=O) groups is 2. The van der Waals surface area contributed by atoms with E-state index >= 15 is 0 Å². The van der Waals surface area contributed by atoms with Crippen LogP contribution in [0.15, 0.2) is 146 Å². The second-order valence-corrected chi connectivity index (χ2v) is 18.8. The van der Waals surface area contributed by atoms with Gasteiger partial charge < -0.3 is 14.2 Å². The molecule has 1 atom stereocenters. The molecule has 0 fully saturated rings. The van der Waals surface area contributed by atoms with Crippen molar-refractivity contribution >= 4 is 11.9 Å². The summed E-state index contributed by atoms with van der Waals surface area (Å²) >= 11 is 0. The second-order valence-electron chi connectivity index (χ2n) is 18.8. The maximum atomic E-state index is 12.9. The lowest BCUT2D eigenvalue weighted by Crippen LogP contribution is -2.30. The number of hydrogen-bond donors (Lipinski definition) is 0. The van der Waals surface area contributed by atoms with Gasteiger partial charge in [0.15, 0.2) is 6.10 Å². The summed E-state index contributed by atoms with van der Waals surface area (Å²) < 4.78 is 17.4. The van der Waals surface area contributed by atoms with Crippen LogP contribution in [-0.2, 0) is 23.8 Å². The molecule has 0 aliphatic rings. The van der Waals surface area contributed by atoms with Gasteiger partial charge in [-0.05, 0) is 128 Å². The molecule has 0 N–H and O–H groups in total. The Morgan fingerprint density at radius 3 is 1.07 bits per heavy atom. The molecule has 0 aromatic carbocycles. The molecule has 0 aromatic heterocycles. The average molecular weight is 994 g/mol. The summed E-state index contributed by atoms with van der Waals surface area (Å²) in [5.74, 6) is -0.540. The van der Waals surface area contributed by atoms with Gasteiger partial charge in [-0.1, -0.05) is 244 Å². The normalized spacial score (nSPS) is 13.3. The largest absolute Gasteiger partial charge is 0.462 e. The zero-order chi connectivity index (χ0) is 52.0. The lowest BCUT2D eigenvalue weighted by atomic mass is 10.1. The Labute approximate surface area is 444 Å². The van der Waals surface area contributed by atoms with E-state index in [4.69, 9.17) is 14.2 Å². The second kappa shape index (κ2) is 61.1. The van der Waals surface area contributed by atoms with Crippen LogP contribution in [0.4, 0.5) is 0 Å². The number of allylic oxidation sites excluding steroid dienone is 24. The molecule has 0 amide bonds. The molecule has 0 radical (unpaired) electrons. The van der Waals surface area contributed by atoms with Crippen molar-refractivity contribution in [3.05, 3.63) is 146 Å². The van der Waals surface area contributed by atoms with Gasteiger partial charge in [0.05, 0.1) is 6.61 Å². The molecule has 5 nitrogen and oxygen atoms in total. The van der Waals surface area contributed by atoms with Crippen LogP contribution < -0.4 is 0 Å². The van der Waals surface area contributed by atoms with Crippen LogP contribution in [0.1, 0.15) is 239 Å². The van der Waals surface area contributed by atoms with Gasteiger partial charge in [-0.25, -0.2) is 0 Å². The molecule has 0 rings (SSSR count). The number of hydrogen-bond acceptors (Lipinski definition) is 5. The van der Waals surface area contributed by atoms with Gasteiger partial charge in [-0.15, -0.1) is 0 Å². The Morgan fingerprint density at radius 1 is 0.319 bits per heavy atom. The van der Waals surface area contributed by atoms with E-state index in [0.29, 0.717) is 19.4 Å². The Morgan fingerprint density at radius 2 is 0.653 bits per heavy atom. The van der Waals surface area contributed by atoms with E-state index in [1.165, 1.54) is 89.9 Å². The van der Waals surface area contributed by atoms with Gasteiger partial charge in [0.1, 0.15) is 6.61 Å². The minimum atomic E-state index is -0.598. The summed E-state index contributed by atoms with van der Waals surface area (Å²) in [6.07, 6.45) is 88.8. The van der Waals surface area contributed by atoms with Crippen LogP contribution in [0.25, 0.3) is 0 Å². The first kappa shape index (κ1) is 67.8. The lowest BCUT2D eigenvalue weighted by Gasteiger charge is -2.18. The van der Waals surface area contributed by atoms with Crippen molar-refractivity contribution in [1.82, 2.24) is 0 Å². The van der Waals surface area contributed by atoms with Crippen molar-refractivity contribution in [1.29, 1.82) is 0 Å². The molecule has 1 unspecified atom stereocenters. The summed E-state index contributed by atoms with van der Waals surface area (Å²) in [5.41, 5.74) is 0. The maximum absolute atomic E-state index is 12.9. The molecule has 0 aliphatic heterocycles. The first-order chi connectivity index (χ1) is 35.6. The fourth-order valence-electron chi connectivity index (χ4n) is 7.56. The van der Waals surface area contributed by atoms with Crippen LogP contribution >= 0.6 is 0 Å². The molecule has 0 spiro atoms. The fourth-order valence-corrected chi connectivity index (χ4v) is 7.56. The highest BCUT2D eigenvalue weighted by molar-refractivity contribution is 5.70. The van der Waals surface area contributed by atoms with Crippen LogP contribution in [0.5, 0.6) is 0 Å². The van der Waals surface area contributed by atoms with Gasteiger partial charge in [0.2, 0.25) is 0 Å². The van der Waals surface area contributed by atoms with Crippen molar-refractivity contribution in [3.8, 4) is 0 Å². The smallest absolute Gasteiger partial charge is 0.306 e. The molecular weight excluding hydrogens is 885 g/mol. The van der Waals surface area contributed by atoms with Crippen LogP contribution in [0.2, 0.25) is 0 Å². The molecule has 0 saturated carbocycles. The minimum absolute atomic E-state index is 0.0211. The summed E-state index contributed by atoms with van der Waals surface area (Å²) in [6, 6.07) is 0. The Hall–Kier alpha value is -4.22.